The smallest absolute Gasteiger partial charge is 0.472 e. The fourth-order valence-electron chi connectivity index (χ4n) is 12.6. The zero-order valence-electron chi connectivity index (χ0n) is 56.2. The van der Waals surface area contributed by atoms with Crippen LogP contribution >= 0.6 is 7.82 Å². The van der Waals surface area contributed by atoms with E-state index in [0.717, 1.165) is 124 Å². The maximum absolute atomic E-state index is 14.8. The summed E-state index contributed by atoms with van der Waals surface area (Å²) in [6.07, 6.45) is 42.7. The van der Waals surface area contributed by atoms with Crippen LogP contribution in [0.1, 0.15) is 252 Å². The van der Waals surface area contributed by atoms with Crippen molar-refractivity contribution in [2.75, 3.05) is 40.9 Å². The molecule has 88 heavy (non-hydrogen) atoms. The summed E-state index contributed by atoms with van der Waals surface area (Å²) in [7, 11) is 1.27. The number of nitrogens with one attached hydrogen (secondary N) is 2. The third-order valence-corrected chi connectivity index (χ3v) is 19.2. The van der Waals surface area contributed by atoms with Crippen LogP contribution < -0.4 is 16.0 Å². The molecule has 0 saturated carbocycles. The normalized spacial score (nSPS) is 17.5. The molecule has 0 aromatic carbocycles. The molecule has 15 heteroatoms. The lowest BCUT2D eigenvalue weighted by Crippen LogP contribution is -2.54. The highest BCUT2D eigenvalue weighted by Crippen LogP contribution is 2.46. The zero-order valence-corrected chi connectivity index (χ0v) is 57.1. The largest absolute Gasteiger partial charge is 0.511 e. The molecule has 0 saturated heterocycles. The Hall–Kier alpha value is -5.24. The first kappa shape index (κ1) is 71.8. The maximum Gasteiger partial charge on any atom is 0.472 e. The lowest BCUT2D eigenvalue weighted by atomic mass is 9.94. The fraction of sp³-hybridized carbons (Fsp3) is 0.630. The van der Waals surface area contributed by atoms with Gasteiger partial charge in [-0.3, -0.25) is 18.6 Å². The zero-order chi connectivity index (χ0) is 63.9. The molecule has 486 valence electrons. The Morgan fingerprint density at radius 2 is 1.30 bits per heavy atom. The fourth-order valence-corrected chi connectivity index (χ4v) is 13.3. The summed E-state index contributed by atoms with van der Waals surface area (Å²) in [6.45, 7) is 20.7. The maximum atomic E-state index is 14.8. The van der Waals surface area contributed by atoms with Gasteiger partial charge in [0.05, 0.1) is 68.0 Å². The number of aliphatic hydroxyl groups is 1. The summed E-state index contributed by atoms with van der Waals surface area (Å²) in [5.41, 5.74) is 11.2. The van der Waals surface area contributed by atoms with Crippen LogP contribution in [0.25, 0.3) is 18.2 Å². The first-order chi connectivity index (χ1) is 42.1. The van der Waals surface area contributed by atoms with E-state index in [0.29, 0.717) is 40.1 Å². The SMILES string of the molecule is C=Cc1c(C)c2[nH]c1=CC1=NC(=CC3=C(C)C4=C(O)CC(=C5N=C(C=2)C(C)=C5CCC(=O)O[C@](C)(/C=C/CCCCCCCCCCCCC)[C@H](COP(=O)(O)OCC[N+](C)(C)C)NC(=O)CCCCCCCCCCCCCCC)C4=N3)C(CC)=C1C. The molecule has 4 N–H and O–H groups in total. The molecule has 4 aliphatic heterocycles. The van der Waals surface area contributed by atoms with Gasteiger partial charge in [0.2, 0.25) is 5.91 Å². The molecule has 1 aromatic rings. The van der Waals surface area contributed by atoms with Crippen molar-refractivity contribution in [3.05, 3.63) is 108 Å². The van der Waals surface area contributed by atoms with Gasteiger partial charge in [-0.25, -0.2) is 19.5 Å². The third-order valence-electron chi connectivity index (χ3n) is 18.2. The summed E-state index contributed by atoms with van der Waals surface area (Å²) < 4.78 is 31.9. The number of nitrogens with zero attached hydrogens (tertiary/aromatic N) is 4. The van der Waals surface area contributed by atoms with Crippen molar-refractivity contribution in [3.63, 3.8) is 0 Å². The van der Waals surface area contributed by atoms with Crippen molar-refractivity contribution >= 4 is 55.1 Å². The second kappa shape index (κ2) is 35.4. The molecule has 0 fully saturated rings. The van der Waals surface area contributed by atoms with Crippen LogP contribution in [-0.4, -0.2) is 101 Å². The number of likely N-dealkylation sites (N-methyl/N-ethyl adjacent to an activating group) is 1. The predicted octanol–water partition coefficient (Wildman–Crippen LogP) is 16.7. The van der Waals surface area contributed by atoms with Crippen LogP contribution in [0.3, 0.4) is 0 Å². The number of ether oxygens (including phenoxy) is 1. The van der Waals surface area contributed by atoms with Gasteiger partial charge in [-0.05, 0) is 124 Å². The van der Waals surface area contributed by atoms with Crippen LogP contribution in [-0.2, 0) is 27.9 Å². The molecule has 14 nitrogen and oxygen atoms in total. The number of amides is 1. The Balaban J connectivity index is 1.26. The van der Waals surface area contributed by atoms with E-state index in [2.05, 4.69) is 57.6 Å². The van der Waals surface area contributed by atoms with Crippen LogP contribution in [0.5, 0.6) is 0 Å². The molecular formula is C73H112N6O8P+. The number of hydrogen-bond acceptors (Lipinski definition) is 10. The first-order valence-electron chi connectivity index (χ1n) is 34.1. The van der Waals surface area contributed by atoms with Crippen LogP contribution in [0.4, 0.5) is 0 Å². The molecule has 6 rings (SSSR count). The highest BCUT2D eigenvalue weighted by Gasteiger charge is 2.41. The standard InChI is InChI=1S/C73H111N6O8P/c1-13-17-19-21-23-25-27-29-31-33-35-37-39-41-68(81)78-67(51-86-88(83,84)85-46-45-79(10,11)12)73(9,44-40-38-36-34-32-30-28-26-24-22-20-18-14-2)87-69(82)43-42-58-54(7)62-48-60-52(5)56(15-3)64(74-60)49-61-53(6)57(16-4)65(75-61)50-63-55(8)70-66(80)47-59(71(58)76-62)72(70)77-63/h15,40,44,48-50,67H,3,13-14,16-39,41-43,45-47,51H2,1-2,4-12H3,(H3-,74,75,76,77,78,80,81,83,84)/p+1/b44-40+,60-48?,61-49?,62-48?,63-50?,64-49?,65-50?,71-59?/t67-,73+/m0/s1. The number of fused-ring (bicyclic) bond motifs is 5. The number of H-pyrrole nitrogens is 1. The average Bonchev–Trinajstić information content (AvgIpc) is 1.77. The van der Waals surface area contributed by atoms with Crippen molar-refractivity contribution in [1.82, 2.24) is 10.3 Å². The van der Waals surface area contributed by atoms with Crippen molar-refractivity contribution in [3.8, 4) is 0 Å². The van der Waals surface area contributed by atoms with Crippen molar-refractivity contribution in [2.24, 2.45) is 15.0 Å². The van der Waals surface area contributed by atoms with Crippen LogP contribution in [0.15, 0.2) is 102 Å². The number of phosphoric ester groups is 1. The van der Waals surface area contributed by atoms with Crippen LogP contribution in [0.2, 0.25) is 0 Å². The number of quaternary nitrogens is 1. The van der Waals surface area contributed by atoms with Gasteiger partial charge in [0.15, 0.2) is 0 Å². The van der Waals surface area contributed by atoms with Gasteiger partial charge in [0.25, 0.3) is 0 Å². The Morgan fingerprint density at radius 3 is 1.88 bits per heavy atom. The highest BCUT2D eigenvalue weighted by atomic mass is 31.2. The number of aromatic amines is 1. The van der Waals surface area contributed by atoms with E-state index in [1.807, 2.05) is 65.4 Å². The number of rotatable bonds is 42. The molecule has 5 aliphatic rings. The van der Waals surface area contributed by atoms with Gasteiger partial charge in [0, 0.05) is 46.7 Å². The monoisotopic (exact) mass is 1230 g/mol. The van der Waals surface area contributed by atoms with Gasteiger partial charge in [0.1, 0.15) is 24.5 Å². The number of aliphatic hydroxyl groups excluding tert-OH is 1. The number of carbonyl (C=O) groups excluding carboxylic acids is 2. The summed E-state index contributed by atoms with van der Waals surface area (Å²) >= 11 is 0. The van der Waals surface area contributed by atoms with Crippen molar-refractivity contribution in [1.29, 1.82) is 0 Å². The lowest BCUT2D eigenvalue weighted by Gasteiger charge is -2.35. The molecule has 1 aromatic heterocycles. The number of carbonyl (C=O) groups is 2. The Bertz CT molecular complexity index is 3120. The summed E-state index contributed by atoms with van der Waals surface area (Å²) in [5, 5.41) is 16.6. The summed E-state index contributed by atoms with van der Waals surface area (Å²) in [6, 6.07) is -1.06. The quantitative estimate of drug-likeness (QED) is 0.0164. The number of aromatic nitrogens is 1. The third kappa shape index (κ3) is 21.2. The molecule has 1 aliphatic carbocycles. The number of aliphatic imine (C=N–C) groups is 3. The van der Waals surface area contributed by atoms with E-state index in [1.165, 1.54) is 109 Å². The molecule has 1 unspecified atom stereocenters. The minimum atomic E-state index is -4.62. The average molecular weight is 1230 g/mol. The summed E-state index contributed by atoms with van der Waals surface area (Å²) in [4.78, 5) is 59.4. The Morgan fingerprint density at radius 1 is 0.739 bits per heavy atom. The van der Waals surface area contributed by atoms with Gasteiger partial charge >= 0.3 is 13.8 Å². The highest BCUT2D eigenvalue weighted by molar-refractivity contribution is 7.47. The number of phosphoric acid groups is 1. The summed E-state index contributed by atoms with van der Waals surface area (Å²) in [5.74, 6) is -0.575. The first-order valence-corrected chi connectivity index (χ1v) is 35.5. The molecule has 3 atom stereocenters. The van der Waals surface area contributed by atoms with Gasteiger partial charge in [-0.15, -0.1) is 0 Å². The van der Waals surface area contributed by atoms with Gasteiger partial charge in [-0.2, -0.15) is 0 Å². The number of unbranched alkanes of at least 4 members (excludes halogenated alkanes) is 23. The lowest BCUT2D eigenvalue weighted by molar-refractivity contribution is -0.870. The number of esters is 1. The van der Waals surface area contributed by atoms with E-state index in [4.69, 9.17) is 28.8 Å². The molecular weight excluding hydrogens is 1120 g/mol. The molecule has 0 radical (unpaired) electrons. The van der Waals surface area contributed by atoms with E-state index in [1.54, 1.807) is 6.92 Å². The van der Waals surface area contributed by atoms with E-state index >= 15 is 0 Å². The molecule has 0 spiro atoms. The number of allylic oxidation sites excluding steroid dienone is 9. The molecule has 5 heterocycles. The predicted molar refractivity (Wildman–Crippen MR) is 365 cm³/mol. The van der Waals surface area contributed by atoms with Crippen molar-refractivity contribution < 1.29 is 42.4 Å². The van der Waals surface area contributed by atoms with E-state index < -0.39 is 32.0 Å². The van der Waals surface area contributed by atoms with Crippen molar-refractivity contribution in [2.45, 2.75) is 260 Å². The van der Waals surface area contributed by atoms with Gasteiger partial charge in [-0.1, -0.05) is 181 Å². The minimum absolute atomic E-state index is 0.0261. The molecule has 8 bridgehead atoms. The second-order valence-corrected chi connectivity index (χ2v) is 27.9. The van der Waals surface area contributed by atoms with E-state index in [9.17, 15) is 24.2 Å². The van der Waals surface area contributed by atoms with Crippen LogP contribution in [0, 0.1) is 6.92 Å². The van der Waals surface area contributed by atoms with E-state index in [-0.39, 0.29) is 44.0 Å². The molecule has 1 amide bonds. The topological polar surface area (TPSA) is 184 Å². The minimum Gasteiger partial charge on any atom is -0.511 e. The second-order valence-electron chi connectivity index (χ2n) is 26.5. The Labute approximate surface area is 529 Å². The Kier molecular flexibility index (Phi) is 28.9. The van der Waals surface area contributed by atoms with Gasteiger partial charge < -0.3 is 29.5 Å². The number of hydrogen-bond donors (Lipinski definition) is 4.